The van der Waals surface area contributed by atoms with Gasteiger partial charge in [0.2, 0.25) is 0 Å². The van der Waals surface area contributed by atoms with Gasteiger partial charge in [0.05, 0.1) is 19.3 Å². The second-order valence-corrected chi connectivity index (χ2v) is 32.8. The van der Waals surface area contributed by atoms with E-state index in [2.05, 4.69) is 126 Å². The summed E-state index contributed by atoms with van der Waals surface area (Å²) in [5.41, 5.74) is 1.22. The number of benzene rings is 1. The lowest BCUT2D eigenvalue weighted by atomic mass is 10.0. The number of ether oxygens (including phenoxy) is 1. The maximum absolute atomic E-state index is 13.1. The summed E-state index contributed by atoms with van der Waals surface area (Å²) < 4.78 is 26.3. The second kappa shape index (κ2) is 19.1. The molecule has 0 heterocycles. The van der Waals surface area contributed by atoms with Gasteiger partial charge in [-0.2, -0.15) is 0 Å². The second-order valence-electron chi connectivity index (χ2n) is 18.4. The van der Waals surface area contributed by atoms with Crippen LogP contribution in [-0.2, 0) is 29.4 Å². The minimum absolute atomic E-state index is 0.0388. The Morgan fingerprint density at radius 1 is 0.617 bits per heavy atom. The number of hydrogen-bond donors (Lipinski definition) is 0. The molecule has 0 bridgehead atoms. The molecule has 1 rings (SSSR count). The average Bonchev–Trinajstić information content (AvgIpc) is 2.91. The van der Waals surface area contributed by atoms with Gasteiger partial charge in [0.1, 0.15) is 5.78 Å². The number of Topliss-reactive ketones (excluding diaryl/α,β-unsaturated/α-hetero) is 1. The molecule has 8 heteroatoms. The standard InChI is InChI=1S/C39H76O5Si3/c1-37(2,3)45(10,11)42-32-36(44-47(14,15)39(7,8)9)29-22-26-34(40)25-21-28-35(43-46(12,13)38(4,5)6)27-19-20-30-41-31-33-23-17-16-18-24-33/h16-18,23-24,35-36H,19-22,25-32H2,1-15H3/t35-,36+/m1/s1. The van der Waals surface area contributed by atoms with E-state index >= 15 is 0 Å². The molecule has 0 aliphatic heterocycles. The summed E-state index contributed by atoms with van der Waals surface area (Å²) in [4.78, 5) is 13.1. The number of rotatable bonds is 22. The van der Waals surface area contributed by atoms with E-state index < -0.39 is 25.0 Å². The molecule has 0 saturated heterocycles. The minimum atomic E-state index is -1.96. The third-order valence-electron chi connectivity index (χ3n) is 11.1. The van der Waals surface area contributed by atoms with Crippen LogP contribution < -0.4 is 0 Å². The highest BCUT2D eigenvalue weighted by molar-refractivity contribution is 6.75. The van der Waals surface area contributed by atoms with Gasteiger partial charge in [-0.3, -0.25) is 4.79 Å². The van der Waals surface area contributed by atoms with Crippen LogP contribution in [-0.4, -0.2) is 56.2 Å². The molecular formula is C39H76O5Si3. The molecule has 274 valence electrons. The van der Waals surface area contributed by atoms with Gasteiger partial charge in [-0.15, -0.1) is 0 Å². The molecular weight excluding hydrogens is 633 g/mol. The highest BCUT2D eigenvalue weighted by Gasteiger charge is 2.42. The van der Waals surface area contributed by atoms with Gasteiger partial charge in [0, 0.05) is 25.6 Å². The van der Waals surface area contributed by atoms with E-state index in [1.54, 1.807) is 0 Å². The molecule has 0 aromatic heterocycles. The van der Waals surface area contributed by atoms with Crippen molar-refractivity contribution in [3.63, 3.8) is 0 Å². The van der Waals surface area contributed by atoms with Crippen LogP contribution in [0.25, 0.3) is 0 Å². The Labute approximate surface area is 295 Å². The van der Waals surface area contributed by atoms with Gasteiger partial charge in [0.15, 0.2) is 25.0 Å². The third-order valence-corrected chi connectivity index (χ3v) is 24.7. The van der Waals surface area contributed by atoms with Crippen LogP contribution in [0.15, 0.2) is 30.3 Å². The molecule has 1 aromatic rings. The van der Waals surface area contributed by atoms with Crippen LogP contribution in [0.2, 0.25) is 54.4 Å². The van der Waals surface area contributed by atoms with Crippen molar-refractivity contribution in [1.29, 1.82) is 0 Å². The van der Waals surface area contributed by atoms with Crippen molar-refractivity contribution in [3.8, 4) is 0 Å². The lowest BCUT2D eigenvalue weighted by Crippen LogP contribution is -2.47. The fourth-order valence-corrected chi connectivity index (χ4v) is 8.49. The van der Waals surface area contributed by atoms with Crippen molar-refractivity contribution < 1.29 is 22.8 Å². The lowest BCUT2D eigenvalue weighted by molar-refractivity contribution is -0.119. The van der Waals surface area contributed by atoms with Crippen LogP contribution >= 0.6 is 0 Å². The van der Waals surface area contributed by atoms with E-state index in [0.29, 0.717) is 31.8 Å². The Morgan fingerprint density at radius 2 is 1.06 bits per heavy atom. The highest BCUT2D eigenvalue weighted by atomic mass is 28.4. The first-order valence-corrected chi connectivity index (χ1v) is 27.2. The van der Waals surface area contributed by atoms with Gasteiger partial charge in [-0.05, 0) is 105 Å². The smallest absolute Gasteiger partial charge is 0.192 e. The SMILES string of the molecule is CC(C)(C)[Si](C)(C)OC[C@H](CCCC(=O)CCC[C@@H](CCCCOCc1ccccc1)O[Si](C)(C)C(C)(C)C)O[Si](C)(C)C(C)(C)C. The first kappa shape index (κ1) is 44.4. The summed E-state index contributed by atoms with van der Waals surface area (Å²) in [6, 6.07) is 10.4. The Hall–Kier alpha value is -0.619. The van der Waals surface area contributed by atoms with Gasteiger partial charge in [-0.25, -0.2) is 0 Å². The van der Waals surface area contributed by atoms with E-state index in [4.69, 9.17) is 18.0 Å². The van der Waals surface area contributed by atoms with Crippen LogP contribution in [0.3, 0.4) is 0 Å². The van der Waals surface area contributed by atoms with Crippen LogP contribution in [0.5, 0.6) is 0 Å². The maximum Gasteiger partial charge on any atom is 0.192 e. The number of ketones is 1. The average molecular weight is 709 g/mol. The van der Waals surface area contributed by atoms with E-state index in [1.807, 2.05) is 6.07 Å². The lowest BCUT2D eigenvalue weighted by Gasteiger charge is -2.41. The van der Waals surface area contributed by atoms with Gasteiger partial charge < -0.3 is 18.0 Å². The third kappa shape index (κ3) is 16.8. The molecule has 0 saturated carbocycles. The van der Waals surface area contributed by atoms with Crippen molar-refractivity contribution in [3.05, 3.63) is 35.9 Å². The van der Waals surface area contributed by atoms with E-state index in [-0.39, 0.29) is 27.3 Å². The van der Waals surface area contributed by atoms with Crippen LogP contribution in [0, 0.1) is 0 Å². The predicted molar refractivity (Wildman–Crippen MR) is 210 cm³/mol. The summed E-state index contributed by atoms with van der Waals surface area (Å²) >= 11 is 0. The zero-order valence-corrected chi connectivity index (χ0v) is 36.6. The number of hydrogen-bond acceptors (Lipinski definition) is 5. The number of unbranched alkanes of at least 4 members (excludes halogenated alkanes) is 1. The van der Waals surface area contributed by atoms with Gasteiger partial charge in [-0.1, -0.05) is 92.6 Å². The van der Waals surface area contributed by atoms with E-state index in [0.717, 1.165) is 51.6 Å². The monoisotopic (exact) mass is 709 g/mol. The molecule has 0 unspecified atom stereocenters. The number of carbonyl (C=O) groups excluding carboxylic acids is 1. The largest absolute Gasteiger partial charge is 0.414 e. The molecule has 0 amide bonds. The van der Waals surface area contributed by atoms with Crippen molar-refractivity contribution in [1.82, 2.24) is 0 Å². The van der Waals surface area contributed by atoms with E-state index in [1.165, 1.54) is 5.56 Å². The first-order valence-electron chi connectivity index (χ1n) is 18.5. The number of carbonyl (C=O) groups is 1. The Morgan fingerprint density at radius 3 is 1.55 bits per heavy atom. The fraction of sp³-hybridized carbons (Fsp3) is 0.821. The molecule has 0 N–H and O–H groups in total. The highest BCUT2D eigenvalue weighted by Crippen LogP contribution is 2.40. The zero-order valence-electron chi connectivity index (χ0n) is 33.6. The molecule has 0 fully saturated rings. The maximum atomic E-state index is 13.1. The molecule has 2 atom stereocenters. The topological polar surface area (TPSA) is 54.0 Å². The Balaban J connectivity index is 2.66. The molecule has 5 nitrogen and oxygen atoms in total. The molecule has 0 aliphatic rings. The van der Waals surface area contributed by atoms with Gasteiger partial charge in [0.25, 0.3) is 0 Å². The molecule has 0 spiro atoms. The quantitative estimate of drug-likeness (QED) is 0.0886. The summed E-state index contributed by atoms with van der Waals surface area (Å²) in [7, 11) is -5.74. The van der Waals surface area contributed by atoms with Crippen LogP contribution in [0.1, 0.15) is 126 Å². The van der Waals surface area contributed by atoms with Crippen molar-refractivity contribution in [2.24, 2.45) is 0 Å². The summed E-state index contributed by atoms with van der Waals surface area (Å²) in [5, 5.41) is 0.459. The van der Waals surface area contributed by atoms with Crippen molar-refractivity contribution in [2.45, 2.75) is 193 Å². The van der Waals surface area contributed by atoms with Crippen molar-refractivity contribution >= 4 is 30.7 Å². The Kier molecular flexibility index (Phi) is 18.1. The minimum Gasteiger partial charge on any atom is -0.414 e. The molecule has 0 aliphatic carbocycles. The van der Waals surface area contributed by atoms with Crippen molar-refractivity contribution in [2.75, 3.05) is 13.2 Å². The van der Waals surface area contributed by atoms with E-state index in [9.17, 15) is 4.79 Å². The van der Waals surface area contributed by atoms with Crippen LogP contribution in [0.4, 0.5) is 0 Å². The fourth-order valence-electron chi connectivity index (χ4n) is 4.66. The first-order chi connectivity index (χ1) is 21.4. The predicted octanol–water partition coefficient (Wildman–Crippen LogP) is 12.1. The molecule has 47 heavy (non-hydrogen) atoms. The summed E-state index contributed by atoms with van der Waals surface area (Å²) in [5.74, 6) is 0.363. The summed E-state index contributed by atoms with van der Waals surface area (Å²) in [6.45, 7) is 36.6. The molecule has 0 radical (unpaired) electrons. The normalized spacial score (nSPS) is 15.1. The molecule has 1 aromatic carbocycles. The Bertz CT molecular complexity index is 1020. The summed E-state index contributed by atoms with van der Waals surface area (Å²) in [6.07, 6.45) is 8.18. The zero-order chi connectivity index (χ0) is 36.2. The van der Waals surface area contributed by atoms with Gasteiger partial charge >= 0.3 is 0 Å².